The van der Waals surface area contributed by atoms with Crippen LogP contribution in [0.25, 0.3) is 10.4 Å². The molecule has 12 heavy (non-hydrogen) atoms. The molecule has 0 saturated carbocycles. The summed E-state index contributed by atoms with van der Waals surface area (Å²) in [6.45, 7) is 2.99. The second kappa shape index (κ2) is 3.73. The summed E-state index contributed by atoms with van der Waals surface area (Å²) in [7, 11) is -4.50. The SMILES string of the molecule is CC(C)(CN=[N+]=[N-])CS(=O)(=O)F. The Bertz CT molecular complexity index is 292. The minimum atomic E-state index is -4.50. The van der Waals surface area contributed by atoms with Gasteiger partial charge in [0.2, 0.25) is 0 Å². The average molecular weight is 195 g/mol. The number of hydrogen-bond donors (Lipinski definition) is 0. The highest BCUT2D eigenvalue weighted by Gasteiger charge is 2.24. The van der Waals surface area contributed by atoms with E-state index in [4.69, 9.17) is 5.53 Å². The van der Waals surface area contributed by atoms with Gasteiger partial charge in [0.25, 0.3) is 0 Å². The Morgan fingerprint density at radius 2 is 2.08 bits per heavy atom. The lowest BCUT2D eigenvalue weighted by molar-refractivity contribution is 0.415. The van der Waals surface area contributed by atoms with Crippen molar-refractivity contribution < 1.29 is 12.3 Å². The number of nitrogens with zero attached hydrogens (tertiary/aromatic N) is 3. The van der Waals surface area contributed by atoms with E-state index >= 15 is 0 Å². The summed E-state index contributed by atoms with van der Waals surface area (Å²) in [5.41, 5.74) is 7.10. The third-order valence-electron chi connectivity index (χ3n) is 1.13. The van der Waals surface area contributed by atoms with Crippen LogP contribution in [0.3, 0.4) is 0 Å². The normalized spacial score (nSPS) is 12.2. The fourth-order valence-electron chi connectivity index (χ4n) is 0.735. The van der Waals surface area contributed by atoms with Crippen molar-refractivity contribution in [2.24, 2.45) is 10.5 Å². The van der Waals surface area contributed by atoms with Crippen molar-refractivity contribution >= 4 is 10.2 Å². The molecule has 5 nitrogen and oxygen atoms in total. The van der Waals surface area contributed by atoms with Gasteiger partial charge in [0.15, 0.2) is 0 Å². The first-order valence-electron chi connectivity index (χ1n) is 3.20. The Hall–Kier alpha value is -0.810. The first-order chi connectivity index (χ1) is 5.27. The van der Waals surface area contributed by atoms with Crippen LogP contribution in [0.15, 0.2) is 5.11 Å². The molecule has 0 rings (SSSR count). The predicted octanol–water partition coefficient (Wildman–Crippen LogP) is 1.62. The van der Waals surface area contributed by atoms with E-state index in [1.165, 1.54) is 13.8 Å². The molecule has 0 amide bonds. The van der Waals surface area contributed by atoms with Gasteiger partial charge in [-0.2, -0.15) is 8.42 Å². The van der Waals surface area contributed by atoms with Crippen LogP contribution < -0.4 is 0 Å². The molecule has 0 atom stereocenters. The molecule has 0 aliphatic heterocycles. The van der Waals surface area contributed by atoms with Gasteiger partial charge in [-0.05, 0) is 10.9 Å². The summed E-state index contributed by atoms with van der Waals surface area (Å²) in [4.78, 5) is 2.46. The van der Waals surface area contributed by atoms with E-state index in [0.29, 0.717) is 0 Å². The van der Waals surface area contributed by atoms with Gasteiger partial charge in [-0.15, -0.1) is 3.89 Å². The summed E-state index contributed by atoms with van der Waals surface area (Å²) in [5.74, 6) is -0.626. The molecule has 0 aromatic carbocycles. The maximum absolute atomic E-state index is 12.1. The number of rotatable bonds is 4. The summed E-state index contributed by atoms with van der Waals surface area (Å²) in [6, 6.07) is 0. The Morgan fingerprint density at radius 3 is 2.42 bits per heavy atom. The standard InChI is InChI=1S/C5H10FN3O2S/c1-5(2,3-8-9-7)4-12(6,10)11/h3-4H2,1-2H3. The Morgan fingerprint density at radius 1 is 1.58 bits per heavy atom. The van der Waals surface area contributed by atoms with Crippen molar-refractivity contribution in [3.8, 4) is 0 Å². The maximum atomic E-state index is 12.1. The van der Waals surface area contributed by atoms with Crippen molar-refractivity contribution in [3.63, 3.8) is 0 Å². The zero-order valence-corrected chi connectivity index (χ0v) is 7.68. The molecule has 0 aliphatic carbocycles. The fraction of sp³-hybridized carbons (Fsp3) is 1.00. The van der Waals surface area contributed by atoms with Gasteiger partial charge in [-0.25, -0.2) is 0 Å². The van der Waals surface area contributed by atoms with Gasteiger partial charge in [-0.1, -0.05) is 19.0 Å². The van der Waals surface area contributed by atoms with E-state index in [9.17, 15) is 12.3 Å². The zero-order valence-electron chi connectivity index (χ0n) is 6.86. The topological polar surface area (TPSA) is 82.9 Å². The summed E-state index contributed by atoms with van der Waals surface area (Å²) in [6.07, 6.45) is 0. The predicted molar refractivity (Wildman–Crippen MR) is 42.7 cm³/mol. The highest BCUT2D eigenvalue weighted by Crippen LogP contribution is 2.19. The number of halogens is 1. The van der Waals surface area contributed by atoms with Crippen LogP contribution in [-0.4, -0.2) is 20.7 Å². The fourth-order valence-corrected chi connectivity index (χ4v) is 1.76. The zero-order chi connectivity index (χ0) is 9.83. The minimum absolute atomic E-state index is 0.0351. The van der Waals surface area contributed by atoms with Crippen LogP contribution in [0.1, 0.15) is 13.8 Å². The van der Waals surface area contributed by atoms with Crippen LogP contribution in [0.2, 0.25) is 0 Å². The van der Waals surface area contributed by atoms with Gasteiger partial charge >= 0.3 is 10.2 Å². The van der Waals surface area contributed by atoms with Crippen molar-refractivity contribution in [2.45, 2.75) is 13.8 Å². The minimum Gasteiger partial charge on any atom is -0.195 e. The van der Waals surface area contributed by atoms with E-state index in [1.807, 2.05) is 0 Å². The van der Waals surface area contributed by atoms with Gasteiger partial charge in [-0.3, -0.25) is 0 Å². The molecule has 0 aliphatic rings. The Balaban J connectivity index is 4.32. The average Bonchev–Trinajstić information content (AvgIpc) is 1.78. The van der Waals surface area contributed by atoms with Crippen LogP contribution in [0.5, 0.6) is 0 Å². The van der Waals surface area contributed by atoms with Crippen LogP contribution in [0, 0.1) is 5.41 Å². The molecule has 0 N–H and O–H groups in total. The molecule has 0 heterocycles. The molecule has 7 heteroatoms. The summed E-state index contributed by atoms with van der Waals surface area (Å²) in [5, 5.41) is 3.18. The molecular formula is C5H10FN3O2S. The van der Waals surface area contributed by atoms with Crippen molar-refractivity contribution in [1.82, 2.24) is 0 Å². The molecular weight excluding hydrogens is 185 g/mol. The monoisotopic (exact) mass is 195 g/mol. The number of hydrogen-bond acceptors (Lipinski definition) is 3. The van der Waals surface area contributed by atoms with Gasteiger partial charge in [0.1, 0.15) is 0 Å². The molecule has 0 bridgehead atoms. The van der Waals surface area contributed by atoms with Crippen LogP contribution in [0.4, 0.5) is 3.89 Å². The second-order valence-electron chi connectivity index (χ2n) is 3.24. The molecule has 0 aromatic rings. The molecule has 0 saturated heterocycles. The van der Waals surface area contributed by atoms with Crippen LogP contribution in [-0.2, 0) is 10.2 Å². The Labute approximate surface area is 70.4 Å². The quantitative estimate of drug-likeness (QED) is 0.295. The summed E-state index contributed by atoms with van der Waals surface area (Å²) < 4.78 is 32.6. The lowest BCUT2D eigenvalue weighted by Gasteiger charge is -2.18. The first-order valence-corrected chi connectivity index (χ1v) is 4.75. The summed E-state index contributed by atoms with van der Waals surface area (Å²) >= 11 is 0. The van der Waals surface area contributed by atoms with E-state index in [1.54, 1.807) is 0 Å². The molecule has 0 aromatic heterocycles. The van der Waals surface area contributed by atoms with Crippen LogP contribution >= 0.6 is 0 Å². The Kier molecular flexibility index (Phi) is 3.48. The van der Waals surface area contributed by atoms with Gasteiger partial charge in [0, 0.05) is 11.5 Å². The van der Waals surface area contributed by atoms with E-state index < -0.39 is 21.4 Å². The largest absolute Gasteiger partial charge is 0.302 e. The molecule has 70 valence electrons. The number of azide groups is 1. The molecule has 0 radical (unpaired) electrons. The third kappa shape index (κ3) is 5.94. The van der Waals surface area contributed by atoms with Crippen molar-refractivity contribution in [2.75, 3.05) is 12.3 Å². The smallest absolute Gasteiger partial charge is 0.195 e. The molecule has 0 spiro atoms. The van der Waals surface area contributed by atoms with E-state index in [-0.39, 0.29) is 6.54 Å². The second-order valence-corrected chi connectivity index (χ2v) is 4.60. The van der Waals surface area contributed by atoms with E-state index in [0.717, 1.165) is 0 Å². The third-order valence-corrected chi connectivity index (χ3v) is 2.25. The van der Waals surface area contributed by atoms with Gasteiger partial charge < -0.3 is 0 Å². The first kappa shape index (κ1) is 11.2. The molecule has 0 unspecified atom stereocenters. The molecule has 0 fully saturated rings. The van der Waals surface area contributed by atoms with Crippen molar-refractivity contribution in [1.29, 1.82) is 0 Å². The highest BCUT2D eigenvalue weighted by atomic mass is 32.3. The highest BCUT2D eigenvalue weighted by molar-refractivity contribution is 7.86. The lowest BCUT2D eigenvalue weighted by atomic mass is 9.97. The maximum Gasteiger partial charge on any atom is 0.302 e. The van der Waals surface area contributed by atoms with E-state index in [2.05, 4.69) is 10.0 Å². The van der Waals surface area contributed by atoms with Crippen molar-refractivity contribution in [3.05, 3.63) is 10.4 Å². The van der Waals surface area contributed by atoms with Gasteiger partial charge in [0.05, 0.1) is 5.75 Å². The lowest BCUT2D eigenvalue weighted by Crippen LogP contribution is -2.24.